The molecule has 4 heteroatoms. The molecule has 30 heavy (non-hydrogen) atoms. The monoisotopic (exact) mass is 406 g/mol. The number of likely N-dealkylation sites (N-methyl/N-ethyl adjacent to an activating group) is 1. The predicted octanol–water partition coefficient (Wildman–Crippen LogP) is 4.66. The van der Waals surface area contributed by atoms with Gasteiger partial charge in [0.2, 0.25) is 7.41 Å². The van der Waals surface area contributed by atoms with Gasteiger partial charge >= 0.3 is 0 Å². The van der Waals surface area contributed by atoms with E-state index in [-0.39, 0.29) is 16.2 Å². The number of hydrogen-bond donors (Lipinski definition) is 1. The van der Waals surface area contributed by atoms with Gasteiger partial charge in [-0.1, -0.05) is 46.3 Å². The fraction of sp³-hybridized carbons (Fsp3) is 0.692. The van der Waals surface area contributed by atoms with Crippen molar-refractivity contribution < 1.29 is 0 Å². The summed E-state index contributed by atoms with van der Waals surface area (Å²) in [4.78, 5) is 5.10. The third-order valence-corrected chi connectivity index (χ3v) is 9.82. The van der Waals surface area contributed by atoms with Gasteiger partial charge in [-0.15, -0.1) is 0 Å². The van der Waals surface area contributed by atoms with Gasteiger partial charge in [0, 0.05) is 24.5 Å². The minimum Gasteiger partial charge on any atom is -0.419 e. The second kappa shape index (κ2) is 7.05. The molecule has 0 amide bonds. The number of aryl methyl sites for hydroxylation is 1. The molecule has 2 unspecified atom stereocenters. The summed E-state index contributed by atoms with van der Waals surface area (Å²) in [5.41, 5.74) is 6.87. The summed E-state index contributed by atoms with van der Waals surface area (Å²) >= 11 is 0. The highest BCUT2D eigenvalue weighted by atomic mass is 15.2. The molecule has 1 saturated carbocycles. The Hall–Kier alpha value is -1.42. The van der Waals surface area contributed by atoms with Crippen LogP contribution in [-0.2, 0) is 11.8 Å². The summed E-state index contributed by atoms with van der Waals surface area (Å²) in [6.45, 7) is 20.0. The van der Waals surface area contributed by atoms with Crippen molar-refractivity contribution in [2.45, 2.75) is 84.6 Å². The zero-order valence-corrected chi connectivity index (χ0v) is 20.5. The maximum absolute atomic E-state index is 4.35. The van der Waals surface area contributed by atoms with Gasteiger partial charge < -0.3 is 15.0 Å². The van der Waals surface area contributed by atoms with Crippen molar-refractivity contribution in [3.8, 4) is 0 Å². The first-order valence-corrected chi connectivity index (χ1v) is 11.8. The molecule has 1 heterocycles. The maximum Gasteiger partial charge on any atom is 0.240 e. The van der Waals surface area contributed by atoms with Gasteiger partial charge in [0.1, 0.15) is 0 Å². The lowest BCUT2D eigenvalue weighted by Gasteiger charge is -2.73. The van der Waals surface area contributed by atoms with Crippen molar-refractivity contribution in [3.63, 3.8) is 0 Å². The minimum absolute atomic E-state index is 0.125. The summed E-state index contributed by atoms with van der Waals surface area (Å²) in [5, 5.41) is 3.36. The first kappa shape index (κ1) is 21.8. The van der Waals surface area contributed by atoms with Crippen molar-refractivity contribution >= 4 is 7.41 Å². The van der Waals surface area contributed by atoms with E-state index in [1.54, 1.807) is 11.1 Å². The largest absolute Gasteiger partial charge is 0.419 e. The maximum atomic E-state index is 4.35. The Labute approximate surface area is 185 Å². The lowest BCUT2D eigenvalue weighted by molar-refractivity contribution is -0.159. The molecule has 1 radical (unpaired) electrons. The minimum atomic E-state index is 0.125. The van der Waals surface area contributed by atoms with Crippen LogP contribution >= 0.6 is 0 Å². The molecule has 1 aromatic carbocycles. The van der Waals surface area contributed by atoms with Crippen LogP contribution in [-0.4, -0.2) is 49.9 Å². The number of fused-ring (bicyclic) bond motifs is 1. The topological polar surface area (TPSA) is 18.5 Å². The molecule has 2 aliphatic carbocycles. The number of piperidine rings is 1. The summed E-state index contributed by atoms with van der Waals surface area (Å²) in [7, 11) is 6.59. The van der Waals surface area contributed by atoms with E-state index < -0.39 is 0 Å². The van der Waals surface area contributed by atoms with Crippen LogP contribution in [0.2, 0.25) is 6.82 Å². The van der Waals surface area contributed by atoms with Gasteiger partial charge in [-0.25, -0.2) is 0 Å². The molecule has 3 aliphatic rings. The molecule has 1 aromatic rings. The number of likely N-dealkylation sites (tertiary alicyclic amines) is 1. The van der Waals surface area contributed by atoms with E-state index in [9.17, 15) is 0 Å². The Balaban J connectivity index is 1.95. The van der Waals surface area contributed by atoms with Gasteiger partial charge in [-0.3, -0.25) is 0 Å². The molecule has 2 fully saturated rings. The Morgan fingerprint density at radius 2 is 1.93 bits per heavy atom. The molecule has 1 saturated heterocycles. The molecule has 163 valence electrons. The van der Waals surface area contributed by atoms with Crippen molar-refractivity contribution in [3.05, 3.63) is 46.8 Å². The molecule has 1 aliphatic heterocycles. The van der Waals surface area contributed by atoms with Crippen LogP contribution < -0.4 is 5.23 Å². The van der Waals surface area contributed by atoms with E-state index >= 15 is 0 Å². The van der Waals surface area contributed by atoms with Crippen molar-refractivity contribution in [2.75, 3.05) is 20.6 Å². The second-order valence-corrected chi connectivity index (χ2v) is 11.1. The van der Waals surface area contributed by atoms with E-state index in [0.717, 1.165) is 5.82 Å². The van der Waals surface area contributed by atoms with Crippen LogP contribution in [0.5, 0.6) is 0 Å². The lowest BCUT2D eigenvalue weighted by Crippen LogP contribution is -2.74. The molecular weight excluding hydrogens is 365 g/mol. The van der Waals surface area contributed by atoms with Gasteiger partial charge in [-0.05, 0) is 86.2 Å². The quantitative estimate of drug-likeness (QED) is 0.734. The van der Waals surface area contributed by atoms with Gasteiger partial charge in [0.15, 0.2) is 0 Å². The first-order chi connectivity index (χ1) is 14.0. The van der Waals surface area contributed by atoms with Crippen LogP contribution in [0.3, 0.4) is 0 Å². The molecule has 3 nitrogen and oxygen atoms in total. The van der Waals surface area contributed by atoms with Crippen LogP contribution in [0.25, 0.3) is 0 Å². The van der Waals surface area contributed by atoms with Crippen LogP contribution in [0.1, 0.15) is 62.3 Å². The summed E-state index contributed by atoms with van der Waals surface area (Å²) in [5.74, 6) is 1.01. The summed E-state index contributed by atoms with van der Waals surface area (Å²) in [6.07, 6.45) is 4.93. The number of nitrogens with one attached hydrogen (secondary N) is 1. The van der Waals surface area contributed by atoms with Crippen LogP contribution in [0, 0.1) is 24.7 Å². The lowest BCUT2D eigenvalue weighted by atomic mass is 9.36. The van der Waals surface area contributed by atoms with Gasteiger partial charge in [-0.2, -0.15) is 0 Å². The molecular formula is C26H41BN3. The van der Waals surface area contributed by atoms with Gasteiger partial charge in [0.05, 0.1) is 5.82 Å². The normalized spacial score (nSPS) is 34.5. The standard InChI is InChI=1S/C26H41BN3/c1-17-10-11-20-16-22-25(6)13-12-21(30(9)19(3)28-27-7)24(4,5)26(25,14-15-29(22)8)23(20)18(17)2/h10-11,21-22,28H,3,12-16H2,1-2,4-9H3/t21?,22-,25?,26+/m1/s1. The Morgan fingerprint density at radius 3 is 2.60 bits per heavy atom. The van der Waals surface area contributed by atoms with E-state index in [1.807, 2.05) is 14.2 Å². The second-order valence-electron chi connectivity index (χ2n) is 11.1. The number of benzene rings is 1. The van der Waals surface area contributed by atoms with E-state index in [0.29, 0.717) is 12.1 Å². The fourth-order valence-electron chi connectivity index (χ4n) is 8.17. The van der Waals surface area contributed by atoms with Crippen molar-refractivity contribution in [2.24, 2.45) is 10.8 Å². The smallest absolute Gasteiger partial charge is 0.240 e. The number of rotatable bonds is 4. The van der Waals surface area contributed by atoms with E-state index in [1.165, 1.54) is 43.4 Å². The summed E-state index contributed by atoms with van der Waals surface area (Å²) in [6, 6.07) is 5.88. The average molecular weight is 406 g/mol. The number of hydrogen-bond acceptors (Lipinski definition) is 3. The third kappa shape index (κ3) is 2.55. The zero-order chi connectivity index (χ0) is 22.1. The van der Waals surface area contributed by atoms with E-state index in [2.05, 4.69) is 82.5 Å². The Kier molecular flexibility index (Phi) is 5.12. The van der Waals surface area contributed by atoms with Crippen LogP contribution in [0.4, 0.5) is 0 Å². The highest BCUT2D eigenvalue weighted by Crippen LogP contribution is 2.70. The predicted molar refractivity (Wildman–Crippen MR) is 129 cm³/mol. The number of nitrogens with zero attached hydrogens (tertiary/aromatic N) is 2. The Bertz CT molecular complexity index is 862. The van der Waals surface area contributed by atoms with Crippen molar-refractivity contribution in [1.29, 1.82) is 0 Å². The average Bonchev–Trinajstić information content (AvgIpc) is 2.67. The molecule has 0 aromatic heterocycles. The van der Waals surface area contributed by atoms with Crippen molar-refractivity contribution in [1.82, 2.24) is 15.0 Å². The Morgan fingerprint density at radius 1 is 1.23 bits per heavy atom. The third-order valence-electron chi connectivity index (χ3n) is 9.82. The SMILES string of the molecule is C=C(N[B]C)N(C)C1CCC2(C)[C@H]3Cc4ccc(C)c(C)c4[C@@]2(CCN3C)C1(C)C. The molecule has 1 N–H and O–H groups in total. The highest BCUT2D eigenvalue weighted by molar-refractivity contribution is 6.30. The molecule has 4 atom stereocenters. The fourth-order valence-corrected chi connectivity index (χ4v) is 8.17. The molecule has 2 bridgehead atoms. The highest BCUT2D eigenvalue weighted by Gasteiger charge is 2.69. The summed E-state index contributed by atoms with van der Waals surface area (Å²) < 4.78 is 0. The van der Waals surface area contributed by atoms with Gasteiger partial charge in [0.25, 0.3) is 0 Å². The molecule has 0 spiro atoms. The molecule has 4 rings (SSSR count). The van der Waals surface area contributed by atoms with E-state index in [4.69, 9.17) is 0 Å². The first-order valence-electron chi connectivity index (χ1n) is 11.8. The van der Waals surface area contributed by atoms with Crippen LogP contribution in [0.15, 0.2) is 24.5 Å². The zero-order valence-electron chi connectivity index (χ0n) is 20.5.